The standard InChI is InChI=1S/C37H7F9N8/c38-35(39,40)21-3-18(4-22(6-21)36(41,42)43)30-26(14-53)33-24(31(30)19(9-48)10-49)7-23-25(13-52)29(32(20(11-50)12-51)34(23)27(33)15-54)16-1-2-17(8-47)28(5-16)37(44,45)46/h1-7H. The van der Waals surface area contributed by atoms with Crippen molar-refractivity contribution in [2.45, 2.75) is 18.5 Å². The van der Waals surface area contributed by atoms with Gasteiger partial charge in [0.2, 0.25) is 0 Å². The van der Waals surface area contributed by atoms with E-state index in [1.165, 1.54) is 30.3 Å². The van der Waals surface area contributed by atoms with Gasteiger partial charge >= 0.3 is 18.5 Å². The molecule has 5 rings (SSSR count). The molecule has 0 aliphatic heterocycles. The van der Waals surface area contributed by atoms with E-state index < -0.39 is 124 Å². The van der Waals surface area contributed by atoms with Gasteiger partial charge in [-0.05, 0) is 53.1 Å². The Morgan fingerprint density at radius 2 is 0.981 bits per heavy atom. The Kier molecular flexibility index (Phi) is 8.88. The fourth-order valence-corrected chi connectivity index (χ4v) is 6.20. The van der Waals surface area contributed by atoms with Gasteiger partial charge in [-0.25, -0.2) is 0 Å². The minimum atomic E-state index is -5.39. The highest BCUT2D eigenvalue weighted by Crippen LogP contribution is 2.57. The Balaban J connectivity index is 2.02. The minimum Gasteiger partial charge on any atom is -0.192 e. The summed E-state index contributed by atoms with van der Waals surface area (Å²) in [4.78, 5) is 0. The molecule has 0 N–H and O–H groups in total. The molecule has 8 nitrogen and oxygen atoms in total. The summed E-state index contributed by atoms with van der Waals surface area (Å²) in [5, 5.41) is 80.4. The van der Waals surface area contributed by atoms with Crippen LogP contribution in [0.5, 0.6) is 0 Å². The molecule has 0 heterocycles. The van der Waals surface area contributed by atoms with Crippen molar-refractivity contribution in [2.24, 2.45) is 0 Å². The van der Waals surface area contributed by atoms with Crippen LogP contribution in [-0.4, -0.2) is 0 Å². The summed E-state index contributed by atoms with van der Waals surface area (Å²) >= 11 is 0. The number of nitriles is 8. The lowest BCUT2D eigenvalue weighted by Crippen LogP contribution is -2.12. The molecule has 2 aliphatic carbocycles. The van der Waals surface area contributed by atoms with Crippen molar-refractivity contribution >= 4 is 33.4 Å². The summed E-state index contributed by atoms with van der Waals surface area (Å²) in [5.41, 5.74) is -16.2. The third kappa shape index (κ3) is 5.72. The summed E-state index contributed by atoms with van der Waals surface area (Å²) in [7, 11) is 0. The number of halogens is 9. The SMILES string of the molecule is N#CC(C#N)=C1C(c2cc(C(F)(F)F)cc(C(F)(F)F)c2)=C(C#N)c2c1cc1c(c2C#N)C(=C(C#N)C#N)C(c2ccc(C#N)c(C(F)(F)F)c2)=C1C#N. The van der Waals surface area contributed by atoms with Gasteiger partial charge in [0.1, 0.15) is 53.6 Å². The Labute approximate surface area is 296 Å². The molecule has 0 atom stereocenters. The van der Waals surface area contributed by atoms with E-state index in [0.717, 1.165) is 18.2 Å². The number of allylic oxidation sites excluding steroid dienone is 8. The summed E-state index contributed by atoms with van der Waals surface area (Å²) in [5.74, 6) is 0. The first-order chi connectivity index (χ1) is 25.4. The van der Waals surface area contributed by atoms with Crippen LogP contribution in [0, 0.1) is 90.6 Å². The molecule has 0 radical (unpaired) electrons. The molecule has 0 fully saturated rings. The van der Waals surface area contributed by atoms with Crippen LogP contribution in [0.3, 0.4) is 0 Å². The van der Waals surface area contributed by atoms with E-state index in [1.807, 2.05) is 0 Å². The molecule has 0 unspecified atom stereocenters. The maximum absolute atomic E-state index is 14.0. The van der Waals surface area contributed by atoms with Crippen LogP contribution in [-0.2, 0) is 18.5 Å². The summed E-state index contributed by atoms with van der Waals surface area (Å²) in [6.07, 6.45) is -15.9. The molecule has 0 saturated carbocycles. The fraction of sp³-hybridized carbons (Fsp3) is 0.0811. The largest absolute Gasteiger partial charge is 0.417 e. The zero-order valence-corrected chi connectivity index (χ0v) is 26.0. The second-order valence-corrected chi connectivity index (χ2v) is 11.0. The molecule has 54 heavy (non-hydrogen) atoms. The highest BCUT2D eigenvalue weighted by molar-refractivity contribution is 6.31. The molecule has 3 aromatic carbocycles. The number of hydrogen-bond donors (Lipinski definition) is 0. The van der Waals surface area contributed by atoms with Gasteiger partial charge in [-0.1, -0.05) is 6.07 Å². The van der Waals surface area contributed by atoms with Crippen LogP contribution in [0.15, 0.2) is 53.6 Å². The molecule has 3 aromatic rings. The van der Waals surface area contributed by atoms with Gasteiger partial charge in [-0.2, -0.15) is 81.6 Å². The smallest absolute Gasteiger partial charge is 0.192 e. The summed E-state index contributed by atoms with van der Waals surface area (Å²) < 4.78 is 126. The van der Waals surface area contributed by atoms with E-state index in [2.05, 4.69) is 0 Å². The quantitative estimate of drug-likeness (QED) is 0.184. The minimum absolute atomic E-state index is 0.215. The normalized spacial score (nSPS) is 13.3. The number of hydrogen-bond acceptors (Lipinski definition) is 8. The lowest BCUT2D eigenvalue weighted by molar-refractivity contribution is -0.143. The number of alkyl halides is 9. The van der Waals surface area contributed by atoms with E-state index in [-0.39, 0.29) is 18.2 Å². The van der Waals surface area contributed by atoms with Crippen LogP contribution in [0.4, 0.5) is 39.5 Å². The summed E-state index contributed by atoms with van der Waals surface area (Å²) in [6, 6.07) is 15.6. The first-order valence-electron chi connectivity index (χ1n) is 14.3. The van der Waals surface area contributed by atoms with Crippen LogP contribution in [0.1, 0.15) is 61.2 Å². The molecule has 258 valence electrons. The van der Waals surface area contributed by atoms with Gasteiger partial charge in [0, 0.05) is 39.0 Å². The number of rotatable bonds is 2. The van der Waals surface area contributed by atoms with Crippen molar-refractivity contribution in [2.75, 3.05) is 0 Å². The van der Waals surface area contributed by atoms with Crippen molar-refractivity contribution in [3.8, 4) is 48.6 Å². The lowest BCUT2D eigenvalue weighted by atomic mass is 9.85. The molecule has 0 amide bonds. The van der Waals surface area contributed by atoms with Gasteiger partial charge in [-0.3, -0.25) is 0 Å². The van der Waals surface area contributed by atoms with Crippen LogP contribution in [0.25, 0.3) is 33.4 Å². The molecule has 0 spiro atoms. The highest BCUT2D eigenvalue weighted by Gasteiger charge is 2.43. The van der Waals surface area contributed by atoms with Gasteiger partial charge in [-0.15, -0.1) is 0 Å². The van der Waals surface area contributed by atoms with Crippen molar-refractivity contribution in [3.05, 3.63) is 115 Å². The Morgan fingerprint density at radius 3 is 1.43 bits per heavy atom. The monoisotopic (exact) mass is 734 g/mol. The van der Waals surface area contributed by atoms with Crippen molar-refractivity contribution in [1.82, 2.24) is 0 Å². The highest BCUT2D eigenvalue weighted by atomic mass is 19.4. The Hall–Kier alpha value is -8.09. The van der Waals surface area contributed by atoms with Gasteiger partial charge < -0.3 is 0 Å². The second kappa shape index (κ2) is 12.9. The number of nitrogens with zero attached hydrogens (tertiary/aromatic N) is 8. The van der Waals surface area contributed by atoms with Crippen LogP contribution < -0.4 is 0 Å². The second-order valence-electron chi connectivity index (χ2n) is 11.0. The molecular weight excluding hydrogens is 727 g/mol. The predicted octanol–water partition coefficient (Wildman–Crippen LogP) is 8.98. The molecule has 0 aromatic heterocycles. The molecule has 2 aliphatic rings. The predicted molar refractivity (Wildman–Crippen MR) is 165 cm³/mol. The fourth-order valence-electron chi connectivity index (χ4n) is 6.20. The Morgan fingerprint density at radius 1 is 0.463 bits per heavy atom. The van der Waals surface area contributed by atoms with Crippen molar-refractivity contribution < 1.29 is 39.5 Å². The first kappa shape index (κ1) is 37.2. The molecule has 0 bridgehead atoms. The number of fused-ring (bicyclic) bond motifs is 2. The first-order valence-corrected chi connectivity index (χ1v) is 14.3. The average molecular weight is 735 g/mol. The third-order valence-corrected chi connectivity index (χ3v) is 8.26. The topological polar surface area (TPSA) is 190 Å². The van der Waals surface area contributed by atoms with E-state index in [0.29, 0.717) is 6.07 Å². The molecule has 17 heteroatoms. The zero-order chi connectivity index (χ0) is 40.1. The van der Waals surface area contributed by atoms with E-state index in [1.54, 1.807) is 18.2 Å². The van der Waals surface area contributed by atoms with Crippen molar-refractivity contribution in [3.63, 3.8) is 0 Å². The maximum atomic E-state index is 14.0. The van der Waals surface area contributed by atoms with E-state index in [4.69, 9.17) is 0 Å². The van der Waals surface area contributed by atoms with Crippen molar-refractivity contribution in [1.29, 1.82) is 42.1 Å². The van der Waals surface area contributed by atoms with Crippen LogP contribution in [0.2, 0.25) is 0 Å². The van der Waals surface area contributed by atoms with Crippen LogP contribution >= 0.6 is 0 Å². The average Bonchev–Trinajstić information content (AvgIpc) is 3.62. The van der Waals surface area contributed by atoms with E-state index in [9.17, 15) is 81.6 Å². The third-order valence-electron chi connectivity index (χ3n) is 8.26. The van der Waals surface area contributed by atoms with Gasteiger partial charge in [0.05, 0.1) is 45.0 Å². The lowest BCUT2D eigenvalue weighted by Gasteiger charge is -2.16. The molecular formula is C37H7F9N8. The van der Waals surface area contributed by atoms with E-state index >= 15 is 0 Å². The maximum Gasteiger partial charge on any atom is 0.417 e. The zero-order valence-electron chi connectivity index (χ0n) is 26.0. The number of benzene rings is 3. The van der Waals surface area contributed by atoms with Gasteiger partial charge in [0.15, 0.2) is 0 Å². The summed E-state index contributed by atoms with van der Waals surface area (Å²) in [6.45, 7) is 0. The van der Waals surface area contributed by atoms with Gasteiger partial charge in [0.25, 0.3) is 0 Å². The molecule has 0 saturated heterocycles. The Bertz CT molecular complexity index is 2690.